The summed E-state index contributed by atoms with van der Waals surface area (Å²) < 4.78 is 28.5. The molecule has 1 heterocycles. The highest BCUT2D eigenvalue weighted by atomic mass is 16.6. The van der Waals surface area contributed by atoms with E-state index >= 15 is 0 Å². The predicted octanol–water partition coefficient (Wildman–Crippen LogP) is 7.89. The average Bonchev–Trinajstić information content (AvgIpc) is 3.11. The molecule has 2 amide bonds. The number of hydrogen-bond donors (Lipinski definition) is 0. The van der Waals surface area contributed by atoms with Gasteiger partial charge >= 0.3 is 6.09 Å². The van der Waals surface area contributed by atoms with Crippen LogP contribution < -0.4 is 18.9 Å². The van der Waals surface area contributed by atoms with Crippen molar-refractivity contribution in [3.05, 3.63) is 101 Å². The highest BCUT2D eigenvalue weighted by Gasteiger charge is 2.32. The van der Waals surface area contributed by atoms with Crippen LogP contribution in [-0.4, -0.2) is 68.4 Å². The first-order chi connectivity index (χ1) is 23.5. The Morgan fingerprint density at radius 3 is 2.24 bits per heavy atom. The van der Waals surface area contributed by atoms with Gasteiger partial charge in [-0.2, -0.15) is 0 Å². The second kappa shape index (κ2) is 15.4. The van der Waals surface area contributed by atoms with Crippen molar-refractivity contribution in [2.75, 3.05) is 41.0 Å². The van der Waals surface area contributed by atoms with Gasteiger partial charge in [-0.25, -0.2) is 4.79 Å². The van der Waals surface area contributed by atoms with Gasteiger partial charge in [0, 0.05) is 30.3 Å². The van der Waals surface area contributed by atoms with Gasteiger partial charge in [-0.05, 0) is 91.9 Å². The maximum Gasteiger partial charge on any atom is 0.410 e. The molecule has 0 radical (unpaired) electrons. The Bertz CT molecular complexity index is 1820. The van der Waals surface area contributed by atoms with Crippen LogP contribution in [0, 0.1) is 0 Å². The van der Waals surface area contributed by atoms with Crippen LogP contribution in [0.2, 0.25) is 0 Å². The number of methoxy groups -OCH3 is 3. The zero-order valence-corrected chi connectivity index (χ0v) is 29.5. The average molecular weight is 667 g/mol. The van der Waals surface area contributed by atoms with Gasteiger partial charge in [0.25, 0.3) is 5.91 Å². The number of nitrogens with zero attached hydrogens (tertiary/aromatic N) is 2. The van der Waals surface area contributed by atoms with E-state index in [1.807, 2.05) is 105 Å². The Kier molecular flexibility index (Phi) is 11.0. The summed E-state index contributed by atoms with van der Waals surface area (Å²) >= 11 is 0. The molecule has 49 heavy (non-hydrogen) atoms. The third kappa shape index (κ3) is 8.46. The smallest absolute Gasteiger partial charge is 0.410 e. The van der Waals surface area contributed by atoms with Crippen molar-refractivity contribution in [3.8, 4) is 23.0 Å². The lowest BCUT2D eigenvalue weighted by Crippen LogP contribution is -2.44. The summed E-state index contributed by atoms with van der Waals surface area (Å²) in [6, 6.07) is 25.4. The first-order valence-electron chi connectivity index (χ1n) is 16.5. The highest BCUT2D eigenvalue weighted by Crippen LogP contribution is 2.34. The number of carbonyl (C=O) groups is 2. The zero-order valence-electron chi connectivity index (χ0n) is 29.5. The van der Waals surface area contributed by atoms with Crippen LogP contribution in [0.5, 0.6) is 23.0 Å². The molecule has 0 atom stereocenters. The van der Waals surface area contributed by atoms with Gasteiger partial charge < -0.3 is 33.5 Å². The van der Waals surface area contributed by atoms with Gasteiger partial charge in [-0.3, -0.25) is 4.79 Å². The summed E-state index contributed by atoms with van der Waals surface area (Å²) in [5, 5.41) is 2.10. The second-order valence-electron chi connectivity index (χ2n) is 12.9. The van der Waals surface area contributed by atoms with E-state index < -0.39 is 11.7 Å². The van der Waals surface area contributed by atoms with Crippen LogP contribution in [-0.2, 0) is 22.7 Å². The van der Waals surface area contributed by atoms with Crippen LogP contribution in [0.25, 0.3) is 16.3 Å². The Morgan fingerprint density at radius 1 is 0.837 bits per heavy atom. The number of carbonyl (C=O) groups excluding carboxylic acids is 2. The van der Waals surface area contributed by atoms with E-state index in [1.165, 1.54) is 0 Å². The summed E-state index contributed by atoms with van der Waals surface area (Å²) in [5.41, 5.74) is 3.46. The second-order valence-corrected chi connectivity index (χ2v) is 12.9. The molecule has 0 bridgehead atoms. The highest BCUT2D eigenvalue weighted by molar-refractivity contribution is 6.03. The fourth-order valence-electron chi connectivity index (χ4n) is 6.03. The molecule has 1 aliphatic rings. The van der Waals surface area contributed by atoms with E-state index in [0.717, 1.165) is 38.8 Å². The minimum absolute atomic E-state index is 0.126. The maximum absolute atomic E-state index is 14.6. The number of benzene rings is 4. The van der Waals surface area contributed by atoms with E-state index in [0.29, 0.717) is 55.5 Å². The molecule has 0 unspecified atom stereocenters. The molecule has 0 spiro atoms. The van der Waals surface area contributed by atoms with Crippen molar-refractivity contribution >= 4 is 28.3 Å². The van der Waals surface area contributed by atoms with Gasteiger partial charge in [0.1, 0.15) is 35.2 Å². The molecule has 0 saturated heterocycles. The van der Waals surface area contributed by atoms with Crippen molar-refractivity contribution in [1.82, 2.24) is 9.80 Å². The molecule has 0 fully saturated rings. The van der Waals surface area contributed by atoms with Crippen molar-refractivity contribution in [3.63, 3.8) is 0 Å². The fraction of sp³-hybridized carbons (Fsp3) is 0.350. The van der Waals surface area contributed by atoms with Crippen LogP contribution in [0.1, 0.15) is 50.8 Å². The summed E-state index contributed by atoms with van der Waals surface area (Å²) in [6.07, 6.45) is 0.0350. The minimum atomic E-state index is -0.663. The third-order valence-corrected chi connectivity index (χ3v) is 8.49. The SMILES string of the molecule is CCN(Cc1c(OC)ccc2ccccc12)C(=O)C1=C(c2cccc(OCc3cc(OC)cc(OC)c3)c2)CCN(C(=O)OC(C)(C)C)C1. The van der Waals surface area contributed by atoms with Crippen LogP contribution in [0.3, 0.4) is 0 Å². The van der Waals surface area contributed by atoms with Crippen LogP contribution >= 0.6 is 0 Å². The quantitative estimate of drug-likeness (QED) is 0.161. The predicted molar refractivity (Wildman–Crippen MR) is 191 cm³/mol. The van der Waals surface area contributed by atoms with Gasteiger partial charge in [-0.15, -0.1) is 0 Å². The van der Waals surface area contributed by atoms with Crippen molar-refractivity contribution in [1.29, 1.82) is 0 Å². The molecule has 0 aliphatic carbocycles. The first kappa shape index (κ1) is 35.1. The summed E-state index contributed by atoms with van der Waals surface area (Å²) in [5.74, 6) is 2.59. The summed E-state index contributed by atoms with van der Waals surface area (Å²) in [7, 11) is 4.87. The van der Waals surface area contributed by atoms with Crippen molar-refractivity contribution < 1.29 is 33.3 Å². The molecule has 0 saturated carbocycles. The maximum atomic E-state index is 14.6. The Balaban J connectivity index is 1.49. The van der Waals surface area contributed by atoms with E-state index in [-0.39, 0.29) is 12.5 Å². The van der Waals surface area contributed by atoms with Crippen molar-refractivity contribution in [2.24, 2.45) is 0 Å². The summed E-state index contributed by atoms with van der Waals surface area (Å²) in [6.45, 7) is 9.12. The number of amides is 2. The fourth-order valence-corrected chi connectivity index (χ4v) is 6.03. The number of rotatable bonds is 11. The molecule has 4 aromatic carbocycles. The number of fused-ring (bicyclic) bond motifs is 1. The topological polar surface area (TPSA) is 86.8 Å². The van der Waals surface area contributed by atoms with Crippen LogP contribution in [0.4, 0.5) is 4.79 Å². The molecular weight excluding hydrogens is 620 g/mol. The largest absolute Gasteiger partial charge is 0.497 e. The van der Waals surface area contributed by atoms with E-state index in [4.69, 9.17) is 23.7 Å². The Morgan fingerprint density at radius 2 is 1.57 bits per heavy atom. The minimum Gasteiger partial charge on any atom is -0.497 e. The van der Waals surface area contributed by atoms with Gasteiger partial charge in [-0.1, -0.05) is 42.5 Å². The number of likely N-dealkylation sites (N-methyl/N-ethyl adjacent to an activating group) is 1. The van der Waals surface area contributed by atoms with Crippen molar-refractivity contribution in [2.45, 2.75) is 52.9 Å². The molecule has 0 N–H and O–H groups in total. The lowest BCUT2D eigenvalue weighted by atomic mass is 9.92. The van der Waals surface area contributed by atoms with Gasteiger partial charge in [0.05, 0.1) is 34.4 Å². The molecular formula is C40H46N2O7. The standard InChI is InChI=1S/C40H46N2O7/c1-8-41(24-35-33-15-10-9-12-28(33)16-17-37(35)47-7)38(43)36-25-42(39(44)49-40(2,3)4)19-18-34(36)29-13-11-14-30(22-29)48-26-27-20-31(45-5)23-32(21-27)46-6/h9-17,20-23H,8,18-19,24-26H2,1-7H3. The van der Waals surface area contributed by atoms with Gasteiger partial charge in [0.15, 0.2) is 0 Å². The third-order valence-electron chi connectivity index (χ3n) is 8.49. The lowest BCUT2D eigenvalue weighted by Gasteiger charge is -2.34. The van der Waals surface area contributed by atoms with E-state index in [2.05, 4.69) is 6.07 Å². The number of ether oxygens (including phenoxy) is 5. The molecule has 1 aliphatic heterocycles. The van der Waals surface area contributed by atoms with Crippen LogP contribution in [0.15, 0.2) is 84.4 Å². The molecule has 9 heteroatoms. The van der Waals surface area contributed by atoms with E-state index in [9.17, 15) is 9.59 Å². The monoisotopic (exact) mass is 666 g/mol. The normalized spacial score (nSPS) is 13.2. The Hall–Kier alpha value is -5.18. The molecule has 258 valence electrons. The molecule has 5 rings (SSSR count). The molecule has 4 aromatic rings. The lowest BCUT2D eigenvalue weighted by molar-refractivity contribution is -0.127. The number of hydrogen-bond acceptors (Lipinski definition) is 7. The zero-order chi connectivity index (χ0) is 35.1. The molecule has 9 nitrogen and oxygen atoms in total. The molecule has 0 aromatic heterocycles. The van der Waals surface area contributed by atoms with Gasteiger partial charge in [0.2, 0.25) is 0 Å². The first-order valence-corrected chi connectivity index (χ1v) is 16.5. The Labute approximate surface area is 289 Å². The summed E-state index contributed by atoms with van der Waals surface area (Å²) in [4.78, 5) is 31.3. The van der Waals surface area contributed by atoms with E-state index in [1.54, 1.807) is 26.2 Å².